The molecule has 0 aromatic heterocycles. The van der Waals surface area contributed by atoms with Gasteiger partial charge in [-0.1, -0.05) is 0 Å². The topological polar surface area (TPSA) is 85.3 Å². The van der Waals surface area contributed by atoms with E-state index in [-0.39, 0.29) is 0 Å². The van der Waals surface area contributed by atoms with Crippen LogP contribution in [0.2, 0.25) is 0 Å². The SMILES string of the molecule is [O]=[Mo](=[O])=[O].[O]=[Zr]=[O]. The predicted molar refractivity (Wildman–Crippen MR) is 3.43 cm³/mol. The van der Waals surface area contributed by atoms with Gasteiger partial charge in [-0.3, -0.25) is 0 Å². The van der Waals surface area contributed by atoms with Crippen molar-refractivity contribution in [2.24, 2.45) is 0 Å². The summed E-state index contributed by atoms with van der Waals surface area (Å²) < 4.78 is 42.8. The van der Waals surface area contributed by atoms with Crippen molar-refractivity contribution in [1.29, 1.82) is 0 Å². The average Bonchev–Trinajstić information content (AvgIpc) is 1.33. The number of hydrogen-bond donors (Lipinski definition) is 0. The van der Waals surface area contributed by atoms with Crippen LogP contribution in [0, 0.1) is 0 Å². The number of hydrogen-bond acceptors (Lipinski definition) is 5. The Bertz CT molecular complexity index is 135. The monoisotopic (exact) mass is 268 g/mol. The van der Waals surface area contributed by atoms with Gasteiger partial charge in [-0.25, -0.2) is 0 Å². The second-order valence-corrected chi connectivity index (χ2v) is 1.70. The van der Waals surface area contributed by atoms with Crippen LogP contribution in [0.1, 0.15) is 0 Å². The first-order valence-corrected chi connectivity index (χ1v) is 5.37. The third-order valence-electron chi connectivity index (χ3n) is 0. The van der Waals surface area contributed by atoms with Crippen molar-refractivity contribution in [3.05, 3.63) is 0 Å². The molecule has 0 heterocycles. The Morgan fingerprint density at radius 1 is 1.00 bits per heavy atom. The summed E-state index contributed by atoms with van der Waals surface area (Å²) >= 11 is -6.38. The first-order valence-electron chi connectivity index (χ1n) is 0.908. The van der Waals surface area contributed by atoms with Gasteiger partial charge in [0.15, 0.2) is 0 Å². The Kier molecular flexibility index (Phi) is 14.7. The van der Waals surface area contributed by atoms with Crippen LogP contribution >= 0.6 is 0 Å². The van der Waals surface area contributed by atoms with Gasteiger partial charge < -0.3 is 0 Å². The maximum absolute atomic E-state index is 8.59. The second kappa shape index (κ2) is 9.76. The van der Waals surface area contributed by atoms with Crippen LogP contribution in [0.5, 0.6) is 0 Å². The summed E-state index contributed by atoms with van der Waals surface area (Å²) in [5, 5.41) is 0. The van der Waals surface area contributed by atoms with Crippen molar-refractivity contribution >= 4 is 0 Å². The Morgan fingerprint density at radius 2 is 1.00 bits per heavy atom. The first-order chi connectivity index (χ1) is 3.15. The predicted octanol–water partition coefficient (Wildman–Crippen LogP) is -0.599. The molecule has 0 aromatic carbocycles. The van der Waals surface area contributed by atoms with Gasteiger partial charge in [0.05, 0.1) is 0 Å². The summed E-state index contributed by atoms with van der Waals surface area (Å²) in [4.78, 5) is 0. The molecule has 5 nitrogen and oxygen atoms in total. The molecule has 7 heavy (non-hydrogen) atoms. The van der Waals surface area contributed by atoms with Gasteiger partial charge >= 0.3 is 56.3 Å². The fourth-order valence-corrected chi connectivity index (χ4v) is 0. The summed E-state index contributed by atoms with van der Waals surface area (Å²) in [7, 11) is 0. The molecule has 0 rings (SSSR count). The fraction of sp³-hybridized carbons (Fsp3) is 0. The van der Waals surface area contributed by atoms with Crippen molar-refractivity contribution in [3.63, 3.8) is 0 Å². The fourth-order valence-electron chi connectivity index (χ4n) is 0. The van der Waals surface area contributed by atoms with Crippen molar-refractivity contribution in [2.45, 2.75) is 0 Å². The molecule has 0 bridgehead atoms. The Morgan fingerprint density at radius 3 is 1.00 bits per heavy atom. The van der Waals surface area contributed by atoms with Crippen LogP contribution in [0.25, 0.3) is 0 Å². The molecular weight excluding hydrogens is 267 g/mol. The minimum atomic E-state index is -4.11. The van der Waals surface area contributed by atoms with E-state index in [4.69, 9.17) is 15.8 Å². The van der Waals surface area contributed by atoms with E-state index in [2.05, 4.69) is 0 Å². The van der Waals surface area contributed by atoms with Gasteiger partial charge in [0.2, 0.25) is 0 Å². The van der Waals surface area contributed by atoms with E-state index in [1.807, 2.05) is 0 Å². The van der Waals surface area contributed by atoms with Crippen LogP contribution in [0.15, 0.2) is 0 Å². The summed E-state index contributed by atoms with van der Waals surface area (Å²) in [6, 6.07) is 0. The molecule has 0 amide bonds. The Labute approximate surface area is 56.0 Å². The maximum atomic E-state index is 8.59. The average molecular weight is 267 g/mol. The molecule has 0 saturated heterocycles. The van der Waals surface area contributed by atoms with Crippen molar-refractivity contribution < 1.29 is 56.3 Å². The van der Waals surface area contributed by atoms with Gasteiger partial charge in [0.25, 0.3) is 0 Å². The van der Waals surface area contributed by atoms with E-state index in [9.17, 15) is 0 Å². The zero-order chi connectivity index (χ0) is 6.28. The Hall–Kier alpha value is 0.571. The summed E-state index contributed by atoms with van der Waals surface area (Å²) in [6.07, 6.45) is 0. The molecule has 0 aliphatic carbocycles. The molecule has 0 aliphatic heterocycles. The third-order valence-corrected chi connectivity index (χ3v) is 0. The molecule has 40 valence electrons. The minimum absolute atomic E-state index is 2.27. The zero-order valence-electron chi connectivity index (χ0n) is 2.95. The molecule has 0 radical (unpaired) electrons. The van der Waals surface area contributed by atoms with E-state index < -0.39 is 40.4 Å². The molecule has 0 N–H and O–H groups in total. The molecule has 0 aliphatic rings. The summed E-state index contributed by atoms with van der Waals surface area (Å²) in [6.45, 7) is 0. The molecule has 0 saturated carbocycles. The molecule has 7 heteroatoms. The van der Waals surface area contributed by atoms with E-state index in [0.717, 1.165) is 0 Å². The van der Waals surface area contributed by atoms with Gasteiger partial charge in [-0.2, -0.15) is 0 Å². The van der Waals surface area contributed by atoms with E-state index >= 15 is 0 Å². The molecule has 0 fully saturated rings. The normalized spacial score (nSPS) is 4.57. The molecule has 0 unspecified atom stereocenters. The summed E-state index contributed by atoms with van der Waals surface area (Å²) in [5.74, 6) is 0. The van der Waals surface area contributed by atoms with Gasteiger partial charge in [0, 0.05) is 0 Å². The molecule has 0 atom stereocenters. The van der Waals surface area contributed by atoms with Crippen molar-refractivity contribution in [3.8, 4) is 0 Å². The first kappa shape index (κ1) is 10.5. The van der Waals surface area contributed by atoms with E-state index in [0.29, 0.717) is 0 Å². The van der Waals surface area contributed by atoms with Crippen LogP contribution in [0.4, 0.5) is 0 Å². The summed E-state index contributed by atoms with van der Waals surface area (Å²) in [5.41, 5.74) is 0. The quantitative estimate of drug-likeness (QED) is 0.547. The molecule has 0 aromatic rings. The van der Waals surface area contributed by atoms with Gasteiger partial charge in [0.1, 0.15) is 0 Å². The van der Waals surface area contributed by atoms with Gasteiger partial charge in [-0.15, -0.1) is 0 Å². The van der Waals surface area contributed by atoms with Crippen molar-refractivity contribution in [2.75, 3.05) is 0 Å². The van der Waals surface area contributed by atoms with Gasteiger partial charge in [-0.05, 0) is 0 Å². The molecular formula is MoO5Zr. The number of rotatable bonds is 0. The van der Waals surface area contributed by atoms with E-state index in [1.165, 1.54) is 0 Å². The zero-order valence-corrected chi connectivity index (χ0v) is 7.41. The Balaban J connectivity index is 0. The standard InChI is InChI=1S/Mo.5O.Zr. The van der Waals surface area contributed by atoms with Crippen molar-refractivity contribution in [1.82, 2.24) is 0 Å². The van der Waals surface area contributed by atoms with Crippen LogP contribution in [0.3, 0.4) is 0 Å². The van der Waals surface area contributed by atoms with E-state index in [1.54, 1.807) is 0 Å². The van der Waals surface area contributed by atoms with Crippen LogP contribution in [-0.4, -0.2) is 0 Å². The van der Waals surface area contributed by atoms with Crippen LogP contribution < -0.4 is 0 Å². The molecule has 0 spiro atoms. The third kappa shape index (κ3) is 421. The second-order valence-electron chi connectivity index (χ2n) is 0.287. The van der Waals surface area contributed by atoms with Crippen LogP contribution in [-0.2, 0) is 56.3 Å².